The highest BCUT2D eigenvalue weighted by Gasteiger charge is 2.37. The zero-order valence-electron chi connectivity index (χ0n) is 13.7. The molecule has 1 saturated carbocycles. The van der Waals surface area contributed by atoms with Crippen LogP contribution >= 0.6 is 11.3 Å². The van der Waals surface area contributed by atoms with Crippen LogP contribution in [0, 0.1) is 11.3 Å². The summed E-state index contributed by atoms with van der Waals surface area (Å²) in [5.74, 6) is 0.860. The molecule has 2 heteroatoms. The standard InChI is InChI=1S/C18H31NS/c1-5-15-7-8-16(20-15)13-18(19)11-9-14(10-12-18)17(3,4)6-2/h7-8,14H,5-6,9-13,19H2,1-4H3. The van der Waals surface area contributed by atoms with E-state index in [1.54, 1.807) is 0 Å². The third-order valence-electron chi connectivity index (χ3n) is 5.59. The second-order valence-corrected chi connectivity index (χ2v) is 8.63. The van der Waals surface area contributed by atoms with E-state index in [1.807, 2.05) is 11.3 Å². The number of aryl methyl sites for hydroxylation is 1. The van der Waals surface area contributed by atoms with Crippen LogP contribution in [0.15, 0.2) is 12.1 Å². The van der Waals surface area contributed by atoms with Crippen molar-refractivity contribution in [2.75, 3.05) is 0 Å². The van der Waals surface area contributed by atoms with Gasteiger partial charge in [0.1, 0.15) is 0 Å². The first kappa shape index (κ1) is 16.0. The van der Waals surface area contributed by atoms with Crippen LogP contribution in [-0.4, -0.2) is 5.54 Å². The summed E-state index contributed by atoms with van der Waals surface area (Å²) in [6.45, 7) is 9.40. The molecule has 0 bridgehead atoms. The third-order valence-corrected chi connectivity index (χ3v) is 6.82. The SMILES string of the molecule is CCc1ccc(CC2(N)CCC(C(C)(C)CC)CC2)s1. The summed E-state index contributed by atoms with van der Waals surface area (Å²) in [5, 5.41) is 0. The van der Waals surface area contributed by atoms with Crippen LogP contribution in [-0.2, 0) is 12.8 Å². The van der Waals surface area contributed by atoms with Gasteiger partial charge < -0.3 is 5.73 Å². The molecular weight excluding hydrogens is 262 g/mol. The number of hydrogen-bond acceptors (Lipinski definition) is 2. The molecule has 0 amide bonds. The summed E-state index contributed by atoms with van der Waals surface area (Å²) in [7, 11) is 0. The van der Waals surface area contributed by atoms with Crippen LogP contribution in [0.4, 0.5) is 0 Å². The van der Waals surface area contributed by atoms with E-state index in [9.17, 15) is 0 Å². The second-order valence-electron chi connectivity index (χ2n) is 7.38. The highest BCUT2D eigenvalue weighted by Crippen LogP contribution is 2.43. The fourth-order valence-corrected chi connectivity index (χ4v) is 4.61. The molecule has 0 aromatic carbocycles. The first-order valence-corrected chi connectivity index (χ1v) is 9.06. The van der Waals surface area contributed by atoms with Crippen LogP contribution < -0.4 is 5.73 Å². The first-order valence-electron chi connectivity index (χ1n) is 8.25. The number of rotatable bonds is 5. The van der Waals surface area contributed by atoms with E-state index in [0.29, 0.717) is 5.41 Å². The van der Waals surface area contributed by atoms with Gasteiger partial charge in [0, 0.05) is 15.3 Å². The van der Waals surface area contributed by atoms with Crippen LogP contribution in [0.2, 0.25) is 0 Å². The lowest BCUT2D eigenvalue weighted by Gasteiger charge is -2.43. The van der Waals surface area contributed by atoms with Crippen molar-refractivity contribution in [1.29, 1.82) is 0 Å². The van der Waals surface area contributed by atoms with Crippen LogP contribution in [0.3, 0.4) is 0 Å². The minimum Gasteiger partial charge on any atom is -0.325 e. The molecule has 0 atom stereocenters. The van der Waals surface area contributed by atoms with Crippen molar-refractivity contribution in [1.82, 2.24) is 0 Å². The predicted octanol–water partition coefficient (Wildman–Crippen LogP) is 5.18. The lowest BCUT2D eigenvalue weighted by atomic mass is 9.65. The molecule has 1 aliphatic carbocycles. The molecule has 1 aliphatic rings. The van der Waals surface area contributed by atoms with Crippen LogP contribution in [0.25, 0.3) is 0 Å². The van der Waals surface area contributed by atoms with E-state index in [-0.39, 0.29) is 5.54 Å². The molecule has 2 rings (SSSR count). The molecule has 0 radical (unpaired) electrons. The average Bonchev–Trinajstić information content (AvgIpc) is 2.86. The second kappa shape index (κ2) is 6.19. The Bertz CT molecular complexity index is 424. The van der Waals surface area contributed by atoms with Gasteiger partial charge in [0.25, 0.3) is 0 Å². The van der Waals surface area contributed by atoms with Crippen molar-refractivity contribution in [2.24, 2.45) is 17.1 Å². The monoisotopic (exact) mass is 293 g/mol. The Hall–Kier alpha value is -0.340. The maximum absolute atomic E-state index is 6.70. The molecule has 1 aromatic heterocycles. The quantitative estimate of drug-likeness (QED) is 0.795. The van der Waals surface area contributed by atoms with Crippen molar-refractivity contribution >= 4 is 11.3 Å². The Kier molecular flexibility index (Phi) is 4.96. The lowest BCUT2D eigenvalue weighted by Crippen LogP contribution is -2.46. The molecule has 1 fully saturated rings. The minimum atomic E-state index is 0.0518. The molecule has 1 heterocycles. The summed E-state index contributed by atoms with van der Waals surface area (Å²) in [5.41, 5.74) is 7.23. The normalized spacial score (nSPS) is 27.8. The molecule has 1 nitrogen and oxygen atoms in total. The Labute approximate surface area is 129 Å². The van der Waals surface area contributed by atoms with Crippen molar-refractivity contribution in [3.63, 3.8) is 0 Å². The molecule has 2 N–H and O–H groups in total. The van der Waals surface area contributed by atoms with Gasteiger partial charge in [-0.2, -0.15) is 0 Å². The fourth-order valence-electron chi connectivity index (χ4n) is 3.49. The molecule has 0 spiro atoms. The zero-order chi connectivity index (χ0) is 14.8. The van der Waals surface area contributed by atoms with Gasteiger partial charge in [0.15, 0.2) is 0 Å². The number of hydrogen-bond donors (Lipinski definition) is 1. The van der Waals surface area contributed by atoms with E-state index >= 15 is 0 Å². The van der Waals surface area contributed by atoms with Gasteiger partial charge in [-0.3, -0.25) is 0 Å². The molecule has 0 aliphatic heterocycles. The van der Waals surface area contributed by atoms with Gasteiger partial charge in [0.05, 0.1) is 0 Å². The molecule has 0 unspecified atom stereocenters. The Morgan fingerprint density at radius 3 is 2.30 bits per heavy atom. The third kappa shape index (κ3) is 3.65. The smallest absolute Gasteiger partial charge is 0.0203 e. The van der Waals surface area contributed by atoms with E-state index in [4.69, 9.17) is 5.73 Å². The van der Waals surface area contributed by atoms with E-state index in [1.165, 1.54) is 41.9 Å². The summed E-state index contributed by atoms with van der Waals surface area (Å²) in [6, 6.07) is 4.56. The maximum Gasteiger partial charge on any atom is 0.0203 e. The maximum atomic E-state index is 6.70. The zero-order valence-corrected chi connectivity index (χ0v) is 14.5. The summed E-state index contributed by atoms with van der Waals surface area (Å²) in [6.07, 6.45) is 8.51. The predicted molar refractivity (Wildman–Crippen MR) is 90.3 cm³/mol. The fraction of sp³-hybridized carbons (Fsp3) is 0.778. The highest BCUT2D eigenvalue weighted by atomic mass is 32.1. The molecule has 0 saturated heterocycles. The van der Waals surface area contributed by atoms with Crippen molar-refractivity contribution in [2.45, 2.75) is 78.2 Å². The topological polar surface area (TPSA) is 26.0 Å². The molecule has 114 valence electrons. The van der Waals surface area contributed by atoms with Crippen molar-refractivity contribution in [3.05, 3.63) is 21.9 Å². The number of nitrogens with two attached hydrogens (primary N) is 1. The summed E-state index contributed by atoms with van der Waals surface area (Å²) >= 11 is 1.96. The van der Waals surface area contributed by atoms with Crippen molar-refractivity contribution in [3.8, 4) is 0 Å². The van der Waals surface area contributed by atoms with Crippen molar-refractivity contribution < 1.29 is 0 Å². The largest absolute Gasteiger partial charge is 0.325 e. The average molecular weight is 294 g/mol. The minimum absolute atomic E-state index is 0.0518. The summed E-state index contributed by atoms with van der Waals surface area (Å²) < 4.78 is 0. The van der Waals surface area contributed by atoms with Gasteiger partial charge in [-0.05, 0) is 62.0 Å². The summed E-state index contributed by atoms with van der Waals surface area (Å²) in [4.78, 5) is 2.97. The van der Waals surface area contributed by atoms with E-state index in [2.05, 4.69) is 39.8 Å². The van der Waals surface area contributed by atoms with Gasteiger partial charge in [-0.1, -0.05) is 34.1 Å². The van der Waals surface area contributed by atoms with Gasteiger partial charge in [-0.25, -0.2) is 0 Å². The van der Waals surface area contributed by atoms with Crippen LogP contribution in [0.5, 0.6) is 0 Å². The van der Waals surface area contributed by atoms with E-state index < -0.39 is 0 Å². The first-order chi connectivity index (χ1) is 9.38. The van der Waals surface area contributed by atoms with Crippen LogP contribution in [0.1, 0.15) is 69.6 Å². The molecule has 20 heavy (non-hydrogen) atoms. The van der Waals surface area contributed by atoms with Gasteiger partial charge in [0.2, 0.25) is 0 Å². The van der Waals surface area contributed by atoms with Gasteiger partial charge >= 0.3 is 0 Å². The van der Waals surface area contributed by atoms with Gasteiger partial charge in [-0.15, -0.1) is 11.3 Å². The highest BCUT2D eigenvalue weighted by molar-refractivity contribution is 7.12. The molecule has 1 aromatic rings. The Morgan fingerprint density at radius 2 is 1.80 bits per heavy atom. The lowest BCUT2D eigenvalue weighted by molar-refractivity contribution is 0.115. The Balaban J connectivity index is 1.94. The number of thiophene rings is 1. The Morgan fingerprint density at radius 1 is 1.20 bits per heavy atom. The van der Waals surface area contributed by atoms with E-state index in [0.717, 1.165) is 18.8 Å². The molecular formula is C18H31NS.